The summed E-state index contributed by atoms with van der Waals surface area (Å²) in [6.45, 7) is -0.00160. The number of carbonyl (C=O) groups is 4. The van der Waals surface area contributed by atoms with Crippen LogP contribution >= 0.6 is 0 Å². The summed E-state index contributed by atoms with van der Waals surface area (Å²) >= 11 is 0. The van der Waals surface area contributed by atoms with Crippen molar-refractivity contribution in [1.29, 1.82) is 0 Å². The number of esters is 4. The molecule has 6 rings (SSSR count). The van der Waals surface area contributed by atoms with Crippen LogP contribution in [0.3, 0.4) is 0 Å². The minimum absolute atomic E-state index is 0.000799. The topological polar surface area (TPSA) is 146 Å². The summed E-state index contributed by atoms with van der Waals surface area (Å²) in [4.78, 5) is 52.5. The summed E-state index contributed by atoms with van der Waals surface area (Å²) in [7, 11) is 0. The lowest BCUT2D eigenvalue weighted by Crippen LogP contribution is -2.41. The van der Waals surface area contributed by atoms with E-state index in [4.69, 9.17) is 18.9 Å². The number of hydrogen-bond acceptors (Lipinski definition) is 10. The van der Waals surface area contributed by atoms with Gasteiger partial charge in [-0.25, -0.2) is 19.2 Å². The maximum absolute atomic E-state index is 13.5. The molecule has 5 aromatic carbocycles. The van der Waals surface area contributed by atoms with Gasteiger partial charge in [0.2, 0.25) is 0 Å². The lowest BCUT2D eigenvalue weighted by Gasteiger charge is -2.32. The molecule has 0 unspecified atom stereocenters. The van der Waals surface area contributed by atoms with Gasteiger partial charge in [0.05, 0.1) is 22.3 Å². The Hall–Kier alpha value is -6.42. The minimum atomic E-state index is -0.954. The van der Waals surface area contributed by atoms with Gasteiger partial charge in [0, 0.05) is 12.8 Å². The molecule has 5 aromatic rings. The average molecular weight is 673 g/mol. The predicted molar refractivity (Wildman–Crippen MR) is 180 cm³/mol. The van der Waals surface area contributed by atoms with Crippen molar-refractivity contribution in [3.63, 3.8) is 0 Å². The van der Waals surface area contributed by atoms with Gasteiger partial charge >= 0.3 is 23.9 Å². The van der Waals surface area contributed by atoms with Gasteiger partial charge in [-0.15, -0.1) is 0 Å². The number of ether oxygens (including phenoxy) is 4. The number of hydrogen-bond donors (Lipinski definition) is 2. The molecule has 0 heterocycles. The first kappa shape index (κ1) is 33.5. The highest BCUT2D eigenvalue weighted by molar-refractivity contribution is 5.97. The zero-order valence-electron chi connectivity index (χ0n) is 26.7. The van der Waals surface area contributed by atoms with E-state index in [-0.39, 0.29) is 59.8 Å². The molecule has 0 amide bonds. The smallest absolute Gasteiger partial charge is 0.338 e. The third-order valence-corrected chi connectivity index (χ3v) is 8.10. The van der Waals surface area contributed by atoms with Crippen LogP contribution in [0.15, 0.2) is 121 Å². The van der Waals surface area contributed by atoms with Crippen molar-refractivity contribution in [1.82, 2.24) is 0 Å². The first-order chi connectivity index (χ1) is 24.2. The zero-order chi connectivity index (χ0) is 35.0. The Balaban J connectivity index is 1.17. The number of carbonyl (C=O) groups excluding carboxylic acids is 4. The van der Waals surface area contributed by atoms with E-state index in [1.807, 2.05) is 60.7 Å². The van der Waals surface area contributed by atoms with Crippen molar-refractivity contribution in [3.05, 3.63) is 166 Å². The SMILES string of the molecule is O=C(OCc1ccccc1)c1cc(O)cc(C(=O)O[C@H]2Cc3ccccc3C[C@H]2OC(=O)c2cc(O)cc(C(=O)OCc3ccccc3)c2)c1. The summed E-state index contributed by atoms with van der Waals surface area (Å²) in [6, 6.07) is 32.8. The van der Waals surface area contributed by atoms with Crippen molar-refractivity contribution in [2.45, 2.75) is 38.3 Å². The zero-order valence-corrected chi connectivity index (χ0v) is 26.7. The van der Waals surface area contributed by atoms with Crippen LogP contribution in [-0.4, -0.2) is 46.3 Å². The highest BCUT2D eigenvalue weighted by Gasteiger charge is 2.35. The fourth-order valence-corrected chi connectivity index (χ4v) is 5.60. The number of aromatic hydroxyl groups is 2. The molecule has 0 saturated heterocycles. The third-order valence-electron chi connectivity index (χ3n) is 8.10. The van der Waals surface area contributed by atoms with Gasteiger partial charge in [-0.2, -0.15) is 0 Å². The van der Waals surface area contributed by atoms with Crippen molar-refractivity contribution in [2.75, 3.05) is 0 Å². The van der Waals surface area contributed by atoms with Gasteiger partial charge in [-0.05, 0) is 58.7 Å². The third kappa shape index (κ3) is 8.35. The molecule has 252 valence electrons. The van der Waals surface area contributed by atoms with Crippen LogP contribution in [0.4, 0.5) is 0 Å². The summed E-state index contributed by atoms with van der Waals surface area (Å²) in [5.74, 6) is -3.89. The van der Waals surface area contributed by atoms with Gasteiger partial charge < -0.3 is 29.2 Å². The molecule has 0 bridgehead atoms. The van der Waals surface area contributed by atoms with Crippen LogP contribution in [0.5, 0.6) is 11.5 Å². The highest BCUT2D eigenvalue weighted by atomic mass is 16.6. The molecule has 10 heteroatoms. The van der Waals surface area contributed by atoms with E-state index in [9.17, 15) is 29.4 Å². The lowest BCUT2D eigenvalue weighted by molar-refractivity contribution is -0.0389. The van der Waals surface area contributed by atoms with E-state index in [2.05, 4.69) is 0 Å². The van der Waals surface area contributed by atoms with Gasteiger partial charge in [-0.3, -0.25) is 0 Å². The van der Waals surface area contributed by atoms with Gasteiger partial charge in [0.15, 0.2) is 0 Å². The molecule has 2 N–H and O–H groups in total. The molecule has 0 saturated carbocycles. The largest absolute Gasteiger partial charge is 0.508 e. The molecular weight excluding hydrogens is 640 g/mol. The maximum Gasteiger partial charge on any atom is 0.338 e. The Bertz CT molecular complexity index is 1880. The first-order valence-electron chi connectivity index (χ1n) is 15.8. The molecule has 0 spiro atoms. The monoisotopic (exact) mass is 672 g/mol. The van der Waals surface area contributed by atoms with Crippen molar-refractivity contribution < 1.29 is 48.3 Å². The van der Waals surface area contributed by atoms with Crippen molar-refractivity contribution in [3.8, 4) is 11.5 Å². The Morgan fingerprint density at radius 3 is 1.20 bits per heavy atom. The Labute approximate surface area is 287 Å². The second kappa shape index (κ2) is 15.2. The van der Waals surface area contributed by atoms with E-state index in [0.29, 0.717) is 0 Å². The normalized spacial score (nSPS) is 14.9. The molecule has 0 aliphatic heterocycles. The molecule has 0 aromatic heterocycles. The fraction of sp³-hybridized carbons (Fsp3) is 0.150. The van der Waals surface area contributed by atoms with E-state index in [0.717, 1.165) is 22.3 Å². The maximum atomic E-state index is 13.5. The highest BCUT2D eigenvalue weighted by Crippen LogP contribution is 2.29. The number of rotatable bonds is 10. The van der Waals surface area contributed by atoms with Crippen molar-refractivity contribution in [2.24, 2.45) is 0 Å². The van der Waals surface area contributed by atoms with E-state index in [1.54, 1.807) is 24.3 Å². The van der Waals surface area contributed by atoms with Crippen LogP contribution in [0.25, 0.3) is 0 Å². The van der Waals surface area contributed by atoms with Crippen LogP contribution in [0.2, 0.25) is 0 Å². The van der Waals surface area contributed by atoms with Gasteiger partial charge in [0.25, 0.3) is 0 Å². The summed E-state index contributed by atoms with van der Waals surface area (Å²) in [5, 5.41) is 20.7. The second-order valence-corrected chi connectivity index (χ2v) is 11.7. The van der Waals surface area contributed by atoms with E-state index in [1.165, 1.54) is 36.4 Å². The molecule has 2 atom stereocenters. The van der Waals surface area contributed by atoms with Crippen LogP contribution in [0.1, 0.15) is 63.7 Å². The van der Waals surface area contributed by atoms with Crippen LogP contribution < -0.4 is 0 Å². The van der Waals surface area contributed by atoms with Gasteiger partial charge in [0.1, 0.15) is 36.9 Å². The number of phenolic OH excluding ortho intramolecular Hbond substituents is 2. The molecule has 1 aliphatic carbocycles. The Morgan fingerprint density at radius 1 is 0.480 bits per heavy atom. The van der Waals surface area contributed by atoms with Crippen molar-refractivity contribution >= 4 is 23.9 Å². The molecular formula is C40H32O10. The lowest BCUT2D eigenvalue weighted by atomic mass is 9.87. The summed E-state index contributed by atoms with van der Waals surface area (Å²) in [5.41, 5.74) is 3.00. The number of fused-ring (bicyclic) bond motifs is 1. The molecule has 50 heavy (non-hydrogen) atoms. The molecule has 1 aliphatic rings. The second-order valence-electron chi connectivity index (χ2n) is 11.7. The standard InChI is InChI=1S/C40H32O10/c41-33-17-29(37(43)47-23-25-9-3-1-4-10-25)15-31(19-33)39(45)49-35-21-27-13-7-8-14-28(27)22-36(35)50-40(46)32-16-30(18-34(42)20-32)38(44)48-24-26-11-5-2-6-12-26/h1-20,35-36,41-42H,21-24H2/t35-,36+. The fourth-order valence-electron chi connectivity index (χ4n) is 5.60. The van der Waals surface area contributed by atoms with Crippen LogP contribution in [0, 0.1) is 0 Å². The number of phenols is 2. The number of benzene rings is 5. The average Bonchev–Trinajstić information content (AvgIpc) is 3.13. The quantitative estimate of drug-likeness (QED) is 0.127. The minimum Gasteiger partial charge on any atom is -0.508 e. The Morgan fingerprint density at radius 2 is 0.820 bits per heavy atom. The predicted octanol–water partition coefficient (Wildman–Crippen LogP) is 6.36. The van der Waals surface area contributed by atoms with Gasteiger partial charge in [-0.1, -0.05) is 84.9 Å². The van der Waals surface area contributed by atoms with E-state index >= 15 is 0 Å². The summed E-state index contributed by atoms with van der Waals surface area (Å²) in [6.07, 6.45) is -1.49. The first-order valence-corrected chi connectivity index (χ1v) is 15.8. The molecule has 0 fully saturated rings. The molecule has 10 nitrogen and oxygen atoms in total. The van der Waals surface area contributed by atoms with Crippen LogP contribution in [-0.2, 0) is 45.0 Å². The Kier molecular flexibility index (Phi) is 10.2. The summed E-state index contributed by atoms with van der Waals surface area (Å²) < 4.78 is 22.4. The molecule has 0 radical (unpaired) electrons. The van der Waals surface area contributed by atoms with E-state index < -0.39 is 36.1 Å².